The average Bonchev–Trinajstić information content (AvgIpc) is 3.51. The van der Waals surface area contributed by atoms with Gasteiger partial charge >= 0.3 is 0 Å². The van der Waals surface area contributed by atoms with Gasteiger partial charge in [-0.3, -0.25) is 9.59 Å². The molecule has 3 N–H and O–H groups in total. The molecule has 1 aliphatic rings. The molecule has 1 aromatic heterocycles. The van der Waals surface area contributed by atoms with Crippen molar-refractivity contribution >= 4 is 35.0 Å². The summed E-state index contributed by atoms with van der Waals surface area (Å²) in [5, 5.41) is 19.6. The van der Waals surface area contributed by atoms with Crippen LogP contribution in [0.5, 0.6) is 17.2 Å². The van der Waals surface area contributed by atoms with Crippen molar-refractivity contribution in [1.82, 2.24) is 5.32 Å². The van der Waals surface area contributed by atoms with Gasteiger partial charge in [0.1, 0.15) is 23.0 Å². The Balaban J connectivity index is 1.59. The first-order valence-corrected chi connectivity index (χ1v) is 13.7. The Morgan fingerprint density at radius 2 is 1.85 bits per heavy atom. The first kappa shape index (κ1) is 29.2. The largest absolute Gasteiger partial charge is 0.497 e. The maximum Gasteiger partial charge on any atom is 0.254 e. The topological polar surface area (TPSA) is 135 Å². The highest BCUT2D eigenvalue weighted by Gasteiger charge is 2.37. The molecule has 2 aromatic carbocycles. The third kappa shape index (κ3) is 6.67. The highest BCUT2D eigenvalue weighted by molar-refractivity contribution is 8.03. The van der Waals surface area contributed by atoms with Crippen molar-refractivity contribution < 1.29 is 28.2 Å². The van der Waals surface area contributed by atoms with Crippen molar-refractivity contribution in [2.24, 2.45) is 0 Å². The molecule has 41 heavy (non-hydrogen) atoms. The summed E-state index contributed by atoms with van der Waals surface area (Å²) in [7, 11) is 3.03. The number of dihydropyridines is 1. The minimum Gasteiger partial charge on any atom is -0.497 e. The normalized spacial score (nSPS) is 14.6. The van der Waals surface area contributed by atoms with Gasteiger partial charge in [0.25, 0.3) is 5.91 Å². The first-order chi connectivity index (χ1) is 19.9. The van der Waals surface area contributed by atoms with E-state index in [1.165, 1.54) is 20.5 Å². The zero-order chi connectivity index (χ0) is 29.4. The summed E-state index contributed by atoms with van der Waals surface area (Å²) in [6.45, 7) is 4.07. The molecule has 0 spiro atoms. The molecule has 212 valence electrons. The Kier molecular flexibility index (Phi) is 9.60. The van der Waals surface area contributed by atoms with Gasteiger partial charge in [0.15, 0.2) is 0 Å². The van der Waals surface area contributed by atoms with Crippen LogP contribution < -0.4 is 30.2 Å². The third-order valence-electron chi connectivity index (χ3n) is 6.18. The van der Waals surface area contributed by atoms with Crippen LogP contribution in [-0.2, 0) is 9.59 Å². The van der Waals surface area contributed by atoms with Gasteiger partial charge in [-0.05, 0) is 50.2 Å². The van der Waals surface area contributed by atoms with E-state index in [0.29, 0.717) is 57.3 Å². The van der Waals surface area contributed by atoms with Crippen molar-refractivity contribution in [1.29, 1.82) is 5.26 Å². The average molecular weight is 575 g/mol. The van der Waals surface area contributed by atoms with Crippen LogP contribution in [0.25, 0.3) is 0 Å². The van der Waals surface area contributed by atoms with Crippen LogP contribution in [0, 0.1) is 11.3 Å². The number of nitrogens with one attached hydrogen (secondary N) is 3. The van der Waals surface area contributed by atoms with Crippen molar-refractivity contribution in [2.75, 3.05) is 37.2 Å². The number of benzene rings is 2. The van der Waals surface area contributed by atoms with Crippen molar-refractivity contribution in [3.8, 4) is 23.3 Å². The lowest BCUT2D eigenvalue weighted by Gasteiger charge is -2.28. The van der Waals surface area contributed by atoms with Gasteiger partial charge < -0.3 is 34.6 Å². The van der Waals surface area contributed by atoms with Crippen LogP contribution in [-0.4, -0.2) is 38.4 Å². The number of allylic oxidation sites excluding steroid dienone is 2. The minimum atomic E-state index is -0.808. The van der Waals surface area contributed by atoms with Crippen molar-refractivity contribution in [3.63, 3.8) is 0 Å². The van der Waals surface area contributed by atoms with Crippen molar-refractivity contribution in [2.45, 2.75) is 19.8 Å². The van der Waals surface area contributed by atoms with E-state index in [0.717, 1.165) is 11.8 Å². The third-order valence-corrected chi connectivity index (χ3v) is 7.20. The monoisotopic (exact) mass is 574 g/mol. The van der Waals surface area contributed by atoms with Crippen molar-refractivity contribution in [3.05, 3.63) is 88.5 Å². The fraction of sp³-hybridized carbons (Fsp3) is 0.233. The van der Waals surface area contributed by atoms with E-state index in [-0.39, 0.29) is 17.2 Å². The number of furan rings is 1. The van der Waals surface area contributed by atoms with E-state index in [4.69, 9.17) is 18.6 Å². The lowest BCUT2D eigenvalue weighted by atomic mass is 9.85. The summed E-state index contributed by atoms with van der Waals surface area (Å²) in [6, 6.07) is 17.9. The summed E-state index contributed by atoms with van der Waals surface area (Å²) in [5.41, 5.74) is 2.01. The smallest absolute Gasteiger partial charge is 0.254 e. The molecule has 0 saturated carbocycles. The molecule has 4 rings (SSSR count). The van der Waals surface area contributed by atoms with E-state index >= 15 is 0 Å². The number of para-hydroxylation sites is 2. The number of hydrogen-bond donors (Lipinski definition) is 3. The molecule has 11 heteroatoms. The molecule has 0 radical (unpaired) electrons. The Labute approximate surface area is 242 Å². The second-order valence-electron chi connectivity index (χ2n) is 8.75. The molecule has 0 bridgehead atoms. The summed E-state index contributed by atoms with van der Waals surface area (Å²) < 4.78 is 22.0. The van der Waals surface area contributed by atoms with Crippen LogP contribution in [0.2, 0.25) is 0 Å². The Morgan fingerprint density at radius 3 is 2.54 bits per heavy atom. The van der Waals surface area contributed by atoms with Gasteiger partial charge in [0.2, 0.25) is 5.91 Å². The second-order valence-corrected chi connectivity index (χ2v) is 9.74. The minimum absolute atomic E-state index is 0.00860. The Hall–Kier alpha value is -4.82. The number of amides is 2. The summed E-state index contributed by atoms with van der Waals surface area (Å²) in [5.74, 6) is 0.434. The number of ether oxygens (including phenoxy) is 3. The number of rotatable bonds is 11. The zero-order valence-electron chi connectivity index (χ0n) is 23.1. The molecule has 1 aliphatic heterocycles. The predicted octanol–water partition coefficient (Wildman–Crippen LogP) is 5.40. The Morgan fingerprint density at radius 1 is 1.05 bits per heavy atom. The van der Waals surface area contributed by atoms with E-state index in [9.17, 15) is 14.9 Å². The highest BCUT2D eigenvalue weighted by atomic mass is 32.2. The number of anilines is 2. The molecule has 0 saturated heterocycles. The Bertz CT molecular complexity index is 1520. The van der Waals surface area contributed by atoms with Gasteiger partial charge in [-0.2, -0.15) is 5.26 Å². The van der Waals surface area contributed by atoms with Gasteiger partial charge in [-0.15, -0.1) is 0 Å². The van der Waals surface area contributed by atoms with Crippen LogP contribution >= 0.6 is 11.8 Å². The molecule has 10 nitrogen and oxygen atoms in total. The summed E-state index contributed by atoms with van der Waals surface area (Å²) >= 11 is 1.16. The molecular weight excluding hydrogens is 544 g/mol. The number of methoxy groups -OCH3 is 2. The standard InChI is InChI=1S/C30H30N4O6S/c1-5-39-24-10-7-6-9-21(24)33-26(35)17-41-30-20(16-31)28(25-11-8-14-40-25)27(18(2)32-30)29(36)34-22-15-19(37-3)12-13-23(22)38-4/h6-15,28,32H,5,17H2,1-4H3,(H,33,35)(H,34,36)/t28-/m0/s1. The zero-order valence-corrected chi connectivity index (χ0v) is 23.9. The number of nitriles is 1. The van der Waals surface area contributed by atoms with Gasteiger partial charge in [0, 0.05) is 11.8 Å². The van der Waals surface area contributed by atoms with Gasteiger partial charge in [-0.25, -0.2) is 0 Å². The molecule has 2 amide bonds. The SMILES string of the molecule is CCOc1ccccc1NC(=O)CSC1=C(C#N)[C@@H](c2ccco2)C(C(=O)Nc2cc(OC)ccc2OC)=C(C)N1. The number of carbonyl (C=O) groups excluding carboxylic acids is 2. The van der Waals surface area contributed by atoms with E-state index in [1.54, 1.807) is 55.5 Å². The molecule has 0 aliphatic carbocycles. The van der Waals surface area contributed by atoms with Crippen LogP contribution in [0.15, 0.2) is 87.1 Å². The number of hydrogen-bond acceptors (Lipinski definition) is 9. The number of thioether (sulfide) groups is 1. The van der Waals surface area contributed by atoms with Gasteiger partial charge in [0.05, 0.1) is 72.4 Å². The summed E-state index contributed by atoms with van der Waals surface area (Å²) in [6.07, 6.45) is 1.48. The van der Waals surface area contributed by atoms with Crippen LogP contribution in [0.4, 0.5) is 11.4 Å². The molecular formula is C30H30N4O6S. The van der Waals surface area contributed by atoms with Crippen LogP contribution in [0.1, 0.15) is 25.5 Å². The second kappa shape index (κ2) is 13.5. The molecule has 2 heterocycles. The van der Waals surface area contributed by atoms with Gasteiger partial charge in [-0.1, -0.05) is 23.9 Å². The predicted molar refractivity (Wildman–Crippen MR) is 157 cm³/mol. The first-order valence-electron chi connectivity index (χ1n) is 12.7. The molecule has 0 unspecified atom stereocenters. The van der Waals surface area contributed by atoms with Crippen LogP contribution in [0.3, 0.4) is 0 Å². The van der Waals surface area contributed by atoms with E-state index in [1.807, 2.05) is 13.0 Å². The lowest BCUT2D eigenvalue weighted by Crippen LogP contribution is -2.31. The molecule has 3 aromatic rings. The lowest BCUT2D eigenvalue weighted by molar-refractivity contribution is -0.114. The molecule has 0 fully saturated rings. The fourth-order valence-corrected chi connectivity index (χ4v) is 5.24. The number of nitrogens with zero attached hydrogens (tertiary/aromatic N) is 1. The summed E-state index contributed by atoms with van der Waals surface area (Å²) in [4.78, 5) is 26.6. The maximum atomic E-state index is 13.7. The fourth-order valence-electron chi connectivity index (χ4n) is 4.34. The maximum absolute atomic E-state index is 13.7. The molecule has 1 atom stereocenters. The number of carbonyl (C=O) groups is 2. The van der Waals surface area contributed by atoms with E-state index in [2.05, 4.69) is 22.0 Å². The quantitative estimate of drug-likeness (QED) is 0.275. The highest BCUT2D eigenvalue weighted by Crippen LogP contribution is 2.41. The van der Waals surface area contributed by atoms with E-state index < -0.39 is 11.8 Å².